The first-order valence-electron chi connectivity index (χ1n) is 2.94. The molecular formula is C7H3ClN2O2. The molecule has 4 nitrogen and oxygen atoms in total. The number of hydrogen-bond donors (Lipinski definition) is 1. The van der Waals surface area contributed by atoms with E-state index in [1.165, 1.54) is 6.07 Å². The normalized spacial score (nSPS) is 9.00. The van der Waals surface area contributed by atoms with Crippen LogP contribution in [0.5, 0.6) is 0 Å². The molecule has 0 bridgehead atoms. The zero-order chi connectivity index (χ0) is 9.14. The largest absolute Gasteiger partial charge is 0.478 e. The molecule has 0 saturated carbocycles. The van der Waals surface area contributed by atoms with Crippen LogP contribution in [0.2, 0.25) is 5.02 Å². The number of carboxylic acids is 1. The van der Waals surface area contributed by atoms with Crippen molar-refractivity contribution in [3.63, 3.8) is 0 Å². The maximum absolute atomic E-state index is 10.4. The molecule has 1 N–H and O–H groups in total. The molecule has 0 aliphatic rings. The van der Waals surface area contributed by atoms with E-state index in [1.807, 2.05) is 0 Å². The van der Waals surface area contributed by atoms with E-state index in [0.29, 0.717) is 0 Å². The molecule has 12 heavy (non-hydrogen) atoms. The van der Waals surface area contributed by atoms with Crippen LogP contribution < -0.4 is 0 Å². The smallest absolute Gasteiger partial charge is 0.338 e. The predicted octanol–water partition coefficient (Wildman–Crippen LogP) is 1.30. The lowest BCUT2D eigenvalue weighted by Crippen LogP contribution is -1.99. The van der Waals surface area contributed by atoms with Crippen molar-refractivity contribution in [2.24, 2.45) is 0 Å². The zero-order valence-electron chi connectivity index (χ0n) is 5.78. The molecule has 0 radical (unpaired) electrons. The van der Waals surface area contributed by atoms with E-state index < -0.39 is 5.97 Å². The molecule has 5 heteroatoms. The average Bonchev–Trinajstić information content (AvgIpc) is 2.03. The van der Waals surface area contributed by atoms with Gasteiger partial charge >= 0.3 is 5.97 Å². The highest BCUT2D eigenvalue weighted by Gasteiger charge is 2.09. The van der Waals surface area contributed by atoms with Crippen LogP contribution >= 0.6 is 11.6 Å². The summed E-state index contributed by atoms with van der Waals surface area (Å²) in [6.07, 6.45) is 1.06. The second kappa shape index (κ2) is 3.20. The molecule has 0 saturated heterocycles. The Balaban J connectivity index is 3.23. The fourth-order valence-electron chi connectivity index (χ4n) is 0.649. The standard InChI is InChI=1S/C7H3ClN2O2/c8-6-1-4(2-9)10-3-5(6)7(11)12/h1,3H,(H,11,12). The molecule has 0 amide bonds. The van der Waals surface area contributed by atoms with E-state index >= 15 is 0 Å². The van der Waals surface area contributed by atoms with Crippen molar-refractivity contribution < 1.29 is 9.90 Å². The number of carboxylic acid groups (broad SMARTS) is 1. The topological polar surface area (TPSA) is 74.0 Å². The van der Waals surface area contributed by atoms with Crippen LogP contribution in [0.1, 0.15) is 16.1 Å². The Morgan fingerprint density at radius 1 is 1.75 bits per heavy atom. The summed E-state index contributed by atoms with van der Waals surface area (Å²) in [7, 11) is 0. The van der Waals surface area contributed by atoms with E-state index in [4.69, 9.17) is 22.0 Å². The number of pyridine rings is 1. The minimum absolute atomic E-state index is 0.0223. The summed E-state index contributed by atoms with van der Waals surface area (Å²) in [6.45, 7) is 0. The van der Waals surface area contributed by atoms with Gasteiger partial charge in [-0.05, 0) is 6.07 Å². The van der Waals surface area contributed by atoms with Gasteiger partial charge in [0.15, 0.2) is 0 Å². The maximum atomic E-state index is 10.4. The number of aromatic carboxylic acids is 1. The number of hydrogen-bond acceptors (Lipinski definition) is 3. The van der Waals surface area contributed by atoms with Gasteiger partial charge in [0, 0.05) is 6.20 Å². The average molecular weight is 183 g/mol. The minimum atomic E-state index is -1.16. The first kappa shape index (κ1) is 8.50. The summed E-state index contributed by atoms with van der Waals surface area (Å²) in [4.78, 5) is 14.0. The summed E-state index contributed by atoms with van der Waals surface area (Å²) in [5.41, 5.74) is 0.000617. The van der Waals surface area contributed by atoms with E-state index in [2.05, 4.69) is 4.98 Å². The van der Waals surface area contributed by atoms with Crippen molar-refractivity contribution in [3.8, 4) is 6.07 Å². The van der Waals surface area contributed by atoms with E-state index in [1.54, 1.807) is 6.07 Å². The van der Waals surface area contributed by atoms with Crippen LogP contribution in [0, 0.1) is 11.3 Å². The molecule has 0 aliphatic heterocycles. The van der Waals surface area contributed by atoms with Gasteiger partial charge in [0.05, 0.1) is 10.6 Å². The number of halogens is 1. The Kier molecular flexibility index (Phi) is 2.26. The van der Waals surface area contributed by atoms with Gasteiger partial charge in [-0.25, -0.2) is 9.78 Å². The molecule has 0 aromatic carbocycles. The third kappa shape index (κ3) is 1.52. The Labute approximate surface area is 73.0 Å². The summed E-state index contributed by atoms with van der Waals surface area (Å²) in [6, 6.07) is 2.96. The highest BCUT2D eigenvalue weighted by molar-refractivity contribution is 6.33. The lowest BCUT2D eigenvalue weighted by molar-refractivity contribution is 0.0696. The zero-order valence-corrected chi connectivity index (χ0v) is 6.54. The van der Waals surface area contributed by atoms with E-state index in [0.717, 1.165) is 6.20 Å². The molecule has 0 unspecified atom stereocenters. The van der Waals surface area contributed by atoms with Gasteiger partial charge in [-0.15, -0.1) is 0 Å². The van der Waals surface area contributed by atoms with Crippen LogP contribution in [0.25, 0.3) is 0 Å². The summed E-state index contributed by atoms with van der Waals surface area (Å²) in [5.74, 6) is -1.16. The highest BCUT2D eigenvalue weighted by atomic mass is 35.5. The van der Waals surface area contributed by atoms with E-state index in [9.17, 15) is 4.79 Å². The van der Waals surface area contributed by atoms with Crippen molar-refractivity contribution >= 4 is 17.6 Å². The Bertz CT molecular complexity index is 370. The molecule has 60 valence electrons. The number of rotatable bonds is 1. The lowest BCUT2D eigenvalue weighted by Gasteiger charge is -1.96. The number of carbonyl (C=O) groups is 1. The van der Waals surface area contributed by atoms with Gasteiger partial charge in [-0.2, -0.15) is 5.26 Å². The monoisotopic (exact) mass is 182 g/mol. The SMILES string of the molecule is N#Cc1cc(Cl)c(C(=O)O)cn1. The molecule has 0 fully saturated rings. The van der Waals surface area contributed by atoms with Crippen molar-refractivity contribution in [2.75, 3.05) is 0 Å². The minimum Gasteiger partial charge on any atom is -0.478 e. The first-order chi connectivity index (χ1) is 5.65. The van der Waals surface area contributed by atoms with Crippen LogP contribution in [-0.2, 0) is 0 Å². The molecule has 1 rings (SSSR count). The first-order valence-corrected chi connectivity index (χ1v) is 3.32. The Hall–Kier alpha value is -1.60. The van der Waals surface area contributed by atoms with Crippen LogP contribution in [0.15, 0.2) is 12.3 Å². The quantitative estimate of drug-likeness (QED) is 0.711. The van der Waals surface area contributed by atoms with Crippen LogP contribution in [-0.4, -0.2) is 16.1 Å². The van der Waals surface area contributed by atoms with Crippen molar-refractivity contribution in [1.29, 1.82) is 5.26 Å². The molecule has 0 aliphatic carbocycles. The second-order valence-corrected chi connectivity index (χ2v) is 2.37. The lowest BCUT2D eigenvalue weighted by atomic mass is 10.2. The molecule has 0 spiro atoms. The Morgan fingerprint density at radius 2 is 2.42 bits per heavy atom. The van der Waals surface area contributed by atoms with Gasteiger partial charge < -0.3 is 5.11 Å². The molecular weight excluding hydrogens is 180 g/mol. The number of aromatic nitrogens is 1. The summed E-state index contributed by atoms with van der Waals surface area (Å²) in [5, 5.41) is 16.9. The van der Waals surface area contributed by atoms with Gasteiger partial charge in [-0.1, -0.05) is 11.6 Å². The molecule has 1 aromatic rings. The number of nitriles is 1. The molecule has 1 heterocycles. The third-order valence-corrected chi connectivity index (χ3v) is 1.51. The van der Waals surface area contributed by atoms with Crippen molar-refractivity contribution in [2.45, 2.75) is 0 Å². The van der Waals surface area contributed by atoms with Crippen LogP contribution in [0.4, 0.5) is 0 Å². The maximum Gasteiger partial charge on any atom is 0.338 e. The van der Waals surface area contributed by atoms with Gasteiger partial charge in [0.1, 0.15) is 11.8 Å². The third-order valence-electron chi connectivity index (χ3n) is 1.20. The summed E-state index contributed by atoms with van der Waals surface area (Å²) >= 11 is 5.53. The van der Waals surface area contributed by atoms with E-state index in [-0.39, 0.29) is 16.3 Å². The fourth-order valence-corrected chi connectivity index (χ4v) is 0.882. The Morgan fingerprint density at radius 3 is 2.83 bits per heavy atom. The van der Waals surface area contributed by atoms with Crippen molar-refractivity contribution in [1.82, 2.24) is 4.98 Å². The van der Waals surface area contributed by atoms with Gasteiger partial charge in [0.25, 0.3) is 0 Å². The van der Waals surface area contributed by atoms with Gasteiger partial charge in [0.2, 0.25) is 0 Å². The van der Waals surface area contributed by atoms with Gasteiger partial charge in [-0.3, -0.25) is 0 Å². The van der Waals surface area contributed by atoms with Crippen molar-refractivity contribution in [3.05, 3.63) is 28.5 Å². The molecule has 0 atom stereocenters. The fraction of sp³-hybridized carbons (Fsp3) is 0. The second-order valence-electron chi connectivity index (χ2n) is 1.97. The number of nitrogens with zero attached hydrogens (tertiary/aromatic N) is 2. The molecule has 1 aromatic heterocycles. The summed E-state index contributed by atoms with van der Waals surface area (Å²) < 4.78 is 0. The highest BCUT2D eigenvalue weighted by Crippen LogP contribution is 2.15. The van der Waals surface area contributed by atoms with Crippen LogP contribution in [0.3, 0.4) is 0 Å². The predicted molar refractivity (Wildman–Crippen MR) is 40.9 cm³/mol.